The molecule has 100 valence electrons. The van der Waals surface area contributed by atoms with E-state index in [1.54, 1.807) is 19.2 Å². The minimum atomic E-state index is -0.394. The van der Waals surface area contributed by atoms with Gasteiger partial charge in [-0.05, 0) is 36.2 Å². The number of hydrogen-bond acceptors (Lipinski definition) is 3. The molecule has 0 aliphatic heterocycles. The number of nitrogen functional groups attached to an aromatic ring is 1. The molecule has 0 bridgehead atoms. The Kier molecular flexibility index (Phi) is 4.23. The van der Waals surface area contributed by atoms with Gasteiger partial charge in [-0.15, -0.1) is 0 Å². The van der Waals surface area contributed by atoms with E-state index >= 15 is 0 Å². The molecule has 4 heteroatoms. The van der Waals surface area contributed by atoms with Crippen LogP contribution in [0.1, 0.15) is 5.56 Å². The van der Waals surface area contributed by atoms with Crippen molar-refractivity contribution in [3.8, 4) is 5.75 Å². The smallest absolute Gasteiger partial charge is 0.148 e. The van der Waals surface area contributed by atoms with Crippen molar-refractivity contribution in [3.63, 3.8) is 0 Å². The molecule has 0 heterocycles. The van der Waals surface area contributed by atoms with E-state index in [1.165, 1.54) is 11.6 Å². The molecule has 0 radical (unpaired) electrons. The van der Waals surface area contributed by atoms with Crippen molar-refractivity contribution in [1.82, 2.24) is 0 Å². The number of hydrogen-bond donors (Lipinski definition) is 2. The lowest BCUT2D eigenvalue weighted by Gasteiger charge is -2.10. The second kappa shape index (κ2) is 6.09. The third kappa shape index (κ3) is 3.37. The monoisotopic (exact) mass is 260 g/mol. The van der Waals surface area contributed by atoms with Crippen molar-refractivity contribution in [1.29, 1.82) is 0 Å². The predicted octanol–water partition coefficient (Wildman–Crippen LogP) is 3.07. The zero-order valence-electron chi connectivity index (χ0n) is 10.8. The Balaban J connectivity index is 1.90. The standard InChI is InChI=1S/C15H17FN2O/c1-19-12-7-5-11(6-8-12)9-10-18-14-4-2-3-13(16)15(14)17/h2-8,18H,9-10,17H2,1H3. The van der Waals surface area contributed by atoms with Crippen molar-refractivity contribution in [3.05, 3.63) is 53.8 Å². The van der Waals surface area contributed by atoms with Gasteiger partial charge in [-0.3, -0.25) is 0 Å². The highest BCUT2D eigenvalue weighted by molar-refractivity contribution is 5.66. The summed E-state index contributed by atoms with van der Waals surface area (Å²) >= 11 is 0. The highest BCUT2D eigenvalue weighted by Crippen LogP contribution is 2.21. The summed E-state index contributed by atoms with van der Waals surface area (Å²) < 4.78 is 18.3. The number of nitrogens with one attached hydrogen (secondary N) is 1. The van der Waals surface area contributed by atoms with Crippen LogP contribution in [0.25, 0.3) is 0 Å². The fourth-order valence-corrected chi connectivity index (χ4v) is 1.82. The SMILES string of the molecule is COc1ccc(CCNc2cccc(F)c2N)cc1. The lowest BCUT2D eigenvalue weighted by atomic mass is 10.1. The predicted molar refractivity (Wildman–Crippen MR) is 76.0 cm³/mol. The van der Waals surface area contributed by atoms with E-state index in [-0.39, 0.29) is 5.69 Å². The van der Waals surface area contributed by atoms with E-state index in [0.29, 0.717) is 12.2 Å². The van der Waals surface area contributed by atoms with Gasteiger partial charge in [0.25, 0.3) is 0 Å². The van der Waals surface area contributed by atoms with Crippen molar-refractivity contribution >= 4 is 11.4 Å². The van der Waals surface area contributed by atoms with Crippen LogP contribution in [0.2, 0.25) is 0 Å². The van der Waals surface area contributed by atoms with Crippen LogP contribution in [-0.2, 0) is 6.42 Å². The first kappa shape index (κ1) is 13.2. The Labute approximate surface area is 112 Å². The summed E-state index contributed by atoms with van der Waals surface area (Å²) in [5, 5.41) is 3.13. The molecule has 0 amide bonds. The van der Waals surface area contributed by atoms with Crippen LogP contribution in [0.3, 0.4) is 0 Å². The fraction of sp³-hybridized carbons (Fsp3) is 0.200. The van der Waals surface area contributed by atoms with E-state index < -0.39 is 5.82 Å². The summed E-state index contributed by atoms with van der Waals surface area (Å²) in [6.45, 7) is 0.694. The number of rotatable bonds is 5. The third-order valence-electron chi connectivity index (χ3n) is 2.94. The molecule has 2 aromatic rings. The molecular formula is C15H17FN2O. The average molecular weight is 260 g/mol. The lowest BCUT2D eigenvalue weighted by Crippen LogP contribution is -2.07. The largest absolute Gasteiger partial charge is 0.497 e. The maximum Gasteiger partial charge on any atom is 0.148 e. The maximum atomic E-state index is 13.2. The molecule has 2 aromatic carbocycles. The van der Waals surface area contributed by atoms with E-state index in [1.807, 2.05) is 24.3 Å². The molecule has 0 atom stereocenters. The van der Waals surface area contributed by atoms with Gasteiger partial charge in [0.2, 0.25) is 0 Å². The second-order valence-electron chi connectivity index (χ2n) is 4.23. The summed E-state index contributed by atoms with van der Waals surface area (Å²) in [5.74, 6) is 0.445. The van der Waals surface area contributed by atoms with Gasteiger partial charge in [-0.1, -0.05) is 18.2 Å². The van der Waals surface area contributed by atoms with Gasteiger partial charge in [0.15, 0.2) is 0 Å². The maximum absolute atomic E-state index is 13.2. The highest BCUT2D eigenvalue weighted by Gasteiger charge is 2.03. The number of methoxy groups -OCH3 is 1. The molecule has 0 saturated carbocycles. The fourth-order valence-electron chi connectivity index (χ4n) is 1.82. The Hall–Kier alpha value is -2.23. The molecule has 2 rings (SSSR count). The van der Waals surface area contributed by atoms with E-state index in [9.17, 15) is 4.39 Å². The van der Waals surface area contributed by atoms with Gasteiger partial charge in [0, 0.05) is 6.54 Å². The summed E-state index contributed by atoms with van der Waals surface area (Å²) in [6, 6.07) is 12.6. The molecule has 0 spiro atoms. The molecule has 3 N–H and O–H groups in total. The third-order valence-corrected chi connectivity index (χ3v) is 2.94. The number of anilines is 2. The first-order chi connectivity index (χ1) is 9.20. The van der Waals surface area contributed by atoms with Crippen molar-refractivity contribution < 1.29 is 9.13 Å². The van der Waals surface area contributed by atoms with Crippen LogP contribution in [0.15, 0.2) is 42.5 Å². The number of halogens is 1. The number of benzene rings is 2. The van der Waals surface area contributed by atoms with Gasteiger partial charge in [0.1, 0.15) is 11.6 Å². The average Bonchev–Trinajstić information content (AvgIpc) is 2.44. The number of para-hydroxylation sites is 1. The summed E-state index contributed by atoms with van der Waals surface area (Å²) in [5.41, 5.74) is 7.63. The molecular weight excluding hydrogens is 243 g/mol. The Bertz CT molecular complexity index is 540. The first-order valence-electron chi connectivity index (χ1n) is 6.11. The summed E-state index contributed by atoms with van der Waals surface area (Å²) in [4.78, 5) is 0. The zero-order chi connectivity index (χ0) is 13.7. The summed E-state index contributed by atoms with van der Waals surface area (Å²) in [6.07, 6.45) is 0.833. The normalized spacial score (nSPS) is 10.2. The number of ether oxygens (including phenoxy) is 1. The molecule has 0 aliphatic rings. The van der Waals surface area contributed by atoms with Crippen LogP contribution in [0, 0.1) is 5.82 Å². The first-order valence-corrected chi connectivity index (χ1v) is 6.11. The van der Waals surface area contributed by atoms with Crippen LogP contribution >= 0.6 is 0 Å². The topological polar surface area (TPSA) is 47.3 Å². The Morgan fingerprint density at radius 1 is 1.16 bits per heavy atom. The second-order valence-corrected chi connectivity index (χ2v) is 4.23. The minimum Gasteiger partial charge on any atom is -0.497 e. The van der Waals surface area contributed by atoms with Gasteiger partial charge in [0.05, 0.1) is 18.5 Å². The zero-order valence-corrected chi connectivity index (χ0v) is 10.8. The number of nitrogens with two attached hydrogens (primary N) is 1. The van der Waals surface area contributed by atoms with Crippen LogP contribution in [0.4, 0.5) is 15.8 Å². The molecule has 0 unspecified atom stereocenters. The molecule has 0 saturated heterocycles. The molecule has 19 heavy (non-hydrogen) atoms. The molecule has 3 nitrogen and oxygen atoms in total. The van der Waals surface area contributed by atoms with Gasteiger partial charge >= 0.3 is 0 Å². The molecule has 0 aliphatic carbocycles. The summed E-state index contributed by atoms with van der Waals surface area (Å²) in [7, 11) is 1.64. The van der Waals surface area contributed by atoms with E-state index in [4.69, 9.17) is 10.5 Å². The Morgan fingerprint density at radius 2 is 1.89 bits per heavy atom. The minimum absolute atomic E-state index is 0.164. The van der Waals surface area contributed by atoms with Gasteiger partial charge in [-0.25, -0.2) is 4.39 Å². The Morgan fingerprint density at radius 3 is 2.58 bits per heavy atom. The van der Waals surface area contributed by atoms with Gasteiger partial charge < -0.3 is 15.8 Å². The van der Waals surface area contributed by atoms with Gasteiger partial charge in [-0.2, -0.15) is 0 Å². The van der Waals surface area contributed by atoms with Crippen molar-refractivity contribution in [2.45, 2.75) is 6.42 Å². The van der Waals surface area contributed by atoms with Crippen molar-refractivity contribution in [2.24, 2.45) is 0 Å². The van der Waals surface area contributed by atoms with E-state index in [0.717, 1.165) is 12.2 Å². The molecule has 0 aromatic heterocycles. The van der Waals surface area contributed by atoms with Crippen LogP contribution < -0.4 is 15.8 Å². The van der Waals surface area contributed by atoms with Crippen LogP contribution in [-0.4, -0.2) is 13.7 Å². The quantitative estimate of drug-likeness (QED) is 0.812. The van der Waals surface area contributed by atoms with E-state index in [2.05, 4.69) is 5.32 Å². The molecule has 0 fully saturated rings. The lowest BCUT2D eigenvalue weighted by molar-refractivity contribution is 0.414. The van der Waals surface area contributed by atoms with Crippen molar-refractivity contribution in [2.75, 3.05) is 24.7 Å². The van der Waals surface area contributed by atoms with Crippen LogP contribution in [0.5, 0.6) is 5.75 Å². The highest BCUT2D eigenvalue weighted by atomic mass is 19.1.